The summed E-state index contributed by atoms with van der Waals surface area (Å²) in [6, 6.07) is 34.3. The molecule has 0 radical (unpaired) electrons. The molecule has 4 aromatic rings. The fourth-order valence-electron chi connectivity index (χ4n) is 4.77. The number of hydrogen-bond donors (Lipinski definition) is 2. The topological polar surface area (TPSA) is 83.8 Å². The average Bonchev–Trinajstić information content (AvgIpc) is 3.01. The summed E-state index contributed by atoms with van der Waals surface area (Å²) in [5.41, 5.74) is -3.02. The summed E-state index contributed by atoms with van der Waals surface area (Å²) in [5, 5.41) is 24.5. The van der Waals surface area contributed by atoms with E-state index in [0.29, 0.717) is 11.1 Å². The Hall–Kier alpha value is -4.42. The van der Waals surface area contributed by atoms with Crippen LogP contribution >= 0.6 is 0 Å². The molecule has 39 heavy (non-hydrogen) atoms. The molecule has 0 bridgehead atoms. The minimum atomic E-state index is -2.24. The van der Waals surface area contributed by atoms with Crippen LogP contribution in [0.15, 0.2) is 147 Å². The highest BCUT2D eigenvalue weighted by molar-refractivity contribution is 5.98. The minimum Gasteiger partial charge on any atom is -0.374 e. The zero-order valence-electron chi connectivity index (χ0n) is 21.4. The molecule has 0 fully saturated rings. The van der Waals surface area contributed by atoms with Crippen LogP contribution < -0.4 is 0 Å². The SMILES string of the molecule is C=CC(=O)C(O)(c1ccccc1)C(OC(c1ccccc1)C(O)(C(=O)C=C)c1ccccc1)c1ccccc1. The molecule has 0 aliphatic carbocycles. The lowest BCUT2D eigenvalue weighted by molar-refractivity contribution is -0.199. The molecule has 0 aromatic heterocycles. The summed E-state index contributed by atoms with van der Waals surface area (Å²) in [6.07, 6.45) is -0.626. The van der Waals surface area contributed by atoms with Gasteiger partial charge in [-0.2, -0.15) is 0 Å². The third-order valence-electron chi connectivity index (χ3n) is 6.79. The normalized spacial score (nSPS) is 15.6. The summed E-state index contributed by atoms with van der Waals surface area (Å²) in [7, 11) is 0. The average molecular weight is 519 g/mol. The van der Waals surface area contributed by atoms with E-state index in [-0.39, 0.29) is 11.1 Å². The van der Waals surface area contributed by atoms with Crippen molar-refractivity contribution in [3.05, 3.63) is 169 Å². The van der Waals surface area contributed by atoms with E-state index in [2.05, 4.69) is 13.2 Å². The predicted octanol–water partition coefficient (Wildman–Crippen LogP) is 5.77. The van der Waals surface area contributed by atoms with Crippen LogP contribution in [0.4, 0.5) is 0 Å². The molecule has 5 heteroatoms. The van der Waals surface area contributed by atoms with Gasteiger partial charge in [-0.15, -0.1) is 0 Å². The number of benzene rings is 4. The van der Waals surface area contributed by atoms with E-state index in [1.165, 1.54) is 0 Å². The molecule has 0 aliphatic heterocycles. The maximum atomic E-state index is 13.5. The fourth-order valence-corrected chi connectivity index (χ4v) is 4.77. The molecule has 2 N–H and O–H groups in total. The number of hydrogen-bond acceptors (Lipinski definition) is 5. The van der Waals surface area contributed by atoms with Gasteiger partial charge in [0.05, 0.1) is 0 Å². The Balaban J connectivity index is 2.01. The van der Waals surface area contributed by atoms with Crippen LogP contribution in [-0.2, 0) is 25.5 Å². The molecule has 196 valence electrons. The van der Waals surface area contributed by atoms with Crippen molar-refractivity contribution in [1.29, 1.82) is 0 Å². The zero-order valence-corrected chi connectivity index (χ0v) is 21.4. The lowest BCUT2D eigenvalue weighted by Gasteiger charge is -2.41. The Bertz CT molecular complexity index is 1310. The summed E-state index contributed by atoms with van der Waals surface area (Å²) < 4.78 is 6.67. The molecular weight excluding hydrogens is 488 g/mol. The number of ketones is 2. The zero-order chi connectivity index (χ0) is 27.9. The molecule has 5 nitrogen and oxygen atoms in total. The smallest absolute Gasteiger partial charge is 0.194 e. The molecule has 0 spiro atoms. The molecule has 0 heterocycles. The van der Waals surface area contributed by atoms with Gasteiger partial charge in [0.1, 0.15) is 12.2 Å². The van der Waals surface area contributed by atoms with Gasteiger partial charge >= 0.3 is 0 Å². The van der Waals surface area contributed by atoms with Crippen LogP contribution in [-0.4, -0.2) is 21.8 Å². The van der Waals surface area contributed by atoms with Crippen LogP contribution in [0.5, 0.6) is 0 Å². The van der Waals surface area contributed by atoms with Crippen LogP contribution in [0, 0.1) is 0 Å². The highest BCUT2D eigenvalue weighted by atomic mass is 16.5. The fraction of sp³-hybridized carbons (Fsp3) is 0.118. The Kier molecular flexibility index (Phi) is 8.47. The molecule has 0 saturated heterocycles. The Labute approximate surface area is 228 Å². The molecule has 4 unspecified atom stereocenters. The third-order valence-corrected chi connectivity index (χ3v) is 6.79. The van der Waals surface area contributed by atoms with Crippen LogP contribution in [0.2, 0.25) is 0 Å². The van der Waals surface area contributed by atoms with Crippen LogP contribution in [0.3, 0.4) is 0 Å². The number of ether oxygens (including phenoxy) is 1. The van der Waals surface area contributed by atoms with Gasteiger partial charge in [0.15, 0.2) is 22.8 Å². The second-order valence-corrected chi connectivity index (χ2v) is 9.12. The Morgan fingerprint density at radius 2 is 0.846 bits per heavy atom. The maximum absolute atomic E-state index is 13.5. The number of carbonyl (C=O) groups is 2. The minimum absolute atomic E-state index is 0.272. The summed E-state index contributed by atoms with van der Waals surface area (Å²) in [6.45, 7) is 7.24. The molecule has 0 aliphatic rings. The second-order valence-electron chi connectivity index (χ2n) is 9.12. The molecular formula is C34H30O5. The lowest BCUT2D eigenvalue weighted by Crippen LogP contribution is -2.47. The van der Waals surface area contributed by atoms with E-state index >= 15 is 0 Å². The van der Waals surface area contributed by atoms with Crippen LogP contribution in [0.25, 0.3) is 0 Å². The van der Waals surface area contributed by atoms with Crippen molar-refractivity contribution >= 4 is 11.6 Å². The van der Waals surface area contributed by atoms with E-state index in [1.54, 1.807) is 121 Å². The van der Waals surface area contributed by atoms with Gasteiger partial charge in [-0.25, -0.2) is 0 Å². The summed E-state index contributed by atoms with van der Waals surface area (Å²) in [5.74, 6) is -1.40. The maximum Gasteiger partial charge on any atom is 0.194 e. The van der Waals surface area contributed by atoms with Gasteiger partial charge in [-0.1, -0.05) is 134 Å². The molecule has 4 aromatic carbocycles. The summed E-state index contributed by atoms with van der Waals surface area (Å²) in [4.78, 5) is 27.0. The standard InChI is InChI=1S/C34H30O5/c1-3-29(35)33(37,27-21-13-7-14-22-27)31(25-17-9-5-10-18-25)39-32(26-19-11-6-12-20-26)34(38,30(36)4-2)28-23-15-8-16-24-28/h3-24,31-32,37-38H,1-2H2. The predicted molar refractivity (Wildman–Crippen MR) is 151 cm³/mol. The number of carbonyl (C=O) groups excluding carboxylic acids is 2. The Morgan fingerprint density at radius 1 is 0.564 bits per heavy atom. The van der Waals surface area contributed by atoms with Gasteiger partial charge in [0.25, 0.3) is 0 Å². The van der Waals surface area contributed by atoms with Crippen molar-refractivity contribution in [3.63, 3.8) is 0 Å². The van der Waals surface area contributed by atoms with E-state index in [9.17, 15) is 19.8 Å². The van der Waals surface area contributed by atoms with Crippen molar-refractivity contribution in [3.8, 4) is 0 Å². The highest BCUT2D eigenvalue weighted by Crippen LogP contribution is 2.47. The third kappa shape index (κ3) is 5.29. The van der Waals surface area contributed by atoms with Crippen molar-refractivity contribution in [2.24, 2.45) is 0 Å². The molecule has 0 saturated carbocycles. The van der Waals surface area contributed by atoms with E-state index in [0.717, 1.165) is 12.2 Å². The van der Waals surface area contributed by atoms with Gasteiger partial charge < -0.3 is 14.9 Å². The van der Waals surface area contributed by atoms with E-state index in [4.69, 9.17) is 4.74 Å². The number of rotatable bonds is 12. The second kappa shape index (κ2) is 12.0. The lowest BCUT2D eigenvalue weighted by atomic mass is 9.78. The van der Waals surface area contributed by atoms with E-state index in [1.807, 2.05) is 0 Å². The van der Waals surface area contributed by atoms with Gasteiger partial charge in [0, 0.05) is 0 Å². The van der Waals surface area contributed by atoms with Crippen molar-refractivity contribution < 1.29 is 24.5 Å². The largest absolute Gasteiger partial charge is 0.374 e. The van der Waals surface area contributed by atoms with Crippen molar-refractivity contribution in [2.45, 2.75) is 23.4 Å². The first-order chi connectivity index (χ1) is 18.9. The van der Waals surface area contributed by atoms with Gasteiger partial charge in [0.2, 0.25) is 0 Å². The molecule has 0 amide bonds. The van der Waals surface area contributed by atoms with Crippen LogP contribution in [0.1, 0.15) is 34.5 Å². The quantitative estimate of drug-likeness (QED) is 0.233. The Morgan fingerprint density at radius 3 is 1.13 bits per heavy atom. The van der Waals surface area contributed by atoms with Crippen molar-refractivity contribution in [2.75, 3.05) is 0 Å². The monoisotopic (exact) mass is 518 g/mol. The highest BCUT2D eigenvalue weighted by Gasteiger charge is 2.52. The summed E-state index contributed by atoms with van der Waals surface area (Å²) >= 11 is 0. The molecule has 4 atom stereocenters. The van der Waals surface area contributed by atoms with Gasteiger partial charge in [-0.3, -0.25) is 9.59 Å². The number of aliphatic hydroxyl groups is 2. The first-order valence-corrected chi connectivity index (χ1v) is 12.5. The van der Waals surface area contributed by atoms with Crippen molar-refractivity contribution in [1.82, 2.24) is 0 Å². The van der Waals surface area contributed by atoms with Gasteiger partial charge in [-0.05, 0) is 34.4 Å². The first-order valence-electron chi connectivity index (χ1n) is 12.5. The molecule has 4 rings (SSSR count). The van der Waals surface area contributed by atoms with E-state index < -0.39 is 35.0 Å². The first kappa shape index (κ1) is 27.6.